The highest BCUT2D eigenvalue weighted by Crippen LogP contribution is 2.42. The Morgan fingerprint density at radius 2 is 1.90 bits per heavy atom. The summed E-state index contributed by atoms with van der Waals surface area (Å²) in [7, 11) is 1.99. The van der Waals surface area contributed by atoms with E-state index in [4.69, 9.17) is 16.3 Å². The average Bonchev–Trinajstić information content (AvgIpc) is 3.16. The molecule has 0 spiro atoms. The molecule has 5 nitrogen and oxygen atoms in total. The van der Waals surface area contributed by atoms with Gasteiger partial charge in [0.05, 0.1) is 12.3 Å². The van der Waals surface area contributed by atoms with E-state index in [1.165, 1.54) is 0 Å². The van der Waals surface area contributed by atoms with Gasteiger partial charge in [0.25, 0.3) is 0 Å². The van der Waals surface area contributed by atoms with Crippen LogP contribution in [0.15, 0.2) is 72.9 Å². The van der Waals surface area contributed by atoms with Crippen LogP contribution >= 0.6 is 23.4 Å². The van der Waals surface area contributed by atoms with E-state index in [1.54, 1.807) is 18.0 Å². The highest BCUT2D eigenvalue weighted by atomic mass is 35.5. The van der Waals surface area contributed by atoms with Crippen molar-refractivity contribution in [3.8, 4) is 5.75 Å². The number of hydrogen-bond donors (Lipinski definition) is 0. The minimum absolute atomic E-state index is 0.0528. The van der Waals surface area contributed by atoms with Gasteiger partial charge in [-0.25, -0.2) is 4.98 Å². The number of benzene rings is 2. The third-order valence-corrected chi connectivity index (χ3v) is 6.34. The predicted molar refractivity (Wildman–Crippen MR) is 124 cm³/mol. The maximum Gasteiger partial charge on any atom is 0.238 e. The Kier molecular flexibility index (Phi) is 6.45. The molecule has 1 unspecified atom stereocenters. The SMILES string of the molecule is CN(CCOc1ccc(C2SCC(=O)N2c2ccc(Cl)cc2)cc1)c1ccccn1. The second kappa shape index (κ2) is 9.41. The van der Waals surface area contributed by atoms with Crippen molar-refractivity contribution < 1.29 is 9.53 Å². The molecule has 3 aromatic rings. The predicted octanol–water partition coefficient (Wildman–Crippen LogP) is 5.03. The summed E-state index contributed by atoms with van der Waals surface area (Å²) in [6, 6.07) is 21.2. The van der Waals surface area contributed by atoms with Crippen LogP contribution < -0.4 is 14.5 Å². The van der Waals surface area contributed by atoms with Crippen LogP contribution in [0.2, 0.25) is 5.02 Å². The number of ether oxygens (including phenoxy) is 1. The Hall–Kier alpha value is -2.70. The van der Waals surface area contributed by atoms with Crippen LogP contribution in [0.4, 0.5) is 11.5 Å². The highest BCUT2D eigenvalue weighted by molar-refractivity contribution is 8.00. The first-order valence-electron chi connectivity index (χ1n) is 9.66. The van der Waals surface area contributed by atoms with Crippen molar-refractivity contribution >= 4 is 40.8 Å². The molecule has 1 saturated heterocycles. The topological polar surface area (TPSA) is 45.7 Å². The molecule has 1 amide bonds. The number of halogens is 1. The number of rotatable bonds is 7. The normalized spacial score (nSPS) is 16.0. The molecule has 1 aliphatic rings. The van der Waals surface area contributed by atoms with Gasteiger partial charge in [-0.2, -0.15) is 0 Å². The van der Waals surface area contributed by atoms with Crippen molar-refractivity contribution in [1.29, 1.82) is 0 Å². The van der Waals surface area contributed by atoms with Crippen molar-refractivity contribution in [2.45, 2.75) is 5.37 Å². The fraction of sp³-hybridized carbons (Fsp3) is 0.217. The second-order valence-corrected chi connectivity index (χ2v) is 8.44. The van der Waals surface area contributed by atoms with E-state index in [0.717, 1.165) is 29.4 Å². The molecular weight excluding hydrogens is 418 g/mol. The molecule has 7 heteroatoms. The lowest BCUT2D eigenvalue weighted by atomic mass is 10.2. The third kappa shape index (κ3) is 4.71. The van der Waals surface area contributed by atoms with E-state index in [0.29, 0.717) is 17.4 Å². The number of nitrogens with zero attached hydrogens (tertiary/aromatic N) is 3. The van der Waals surface area contributed by atoms with E-state index in [-0.39, 0.29) is 11.3 Å². The molecular formula is C23H22ClN3O2S. The molecule has 1 fully saturated rings. The molecule has 0 N–H and O–H groups in total. The summed E-state index contributed by atoms with van der Waals surface area (Å²) in [5.41, 5.74) is 1.93. The molecule has 0 radical (unpaired) electrons. The zero-order chi connectivity index (χ0) is 20.9. The number of aromatic nitrogens is 1. The molecule has 1 aliphatic heterocycles. The molecule has 0 bridgehead atoms. The van der Waals surface area contributed by atoms with Gasteiger partial charge < -0.3 is 9.64 Å². The molecule has 2 aromatic carbocycles. The molecule has 0 aliphatic carbocycles. The summed E-state index contributed by atoms with van der Waals surface area (Å²) in [5, 5.41) is 0.604. The van der Waals surface area contributed by atoms with Crippen LogP contribution in [0.5, 0.6) is 5.75 Å². The lowest BCUT2D eigenvalue weighted by molar-refractivity contribution is -0.115. The number of carbonyl (C=O) groups is 1. The van der Waals surface area contributed by atoms with E-state index >= 15 is 0 Å². The van der Waals surface area contributed by atoms with Crippen LogP contribution in [0.3, 0.4) is 0 Å². The van der Waals surface area contributed by atoms with E-state index < -0.39 is 0 Å². The van der Waals surface area contributed by atoms with Gasteiger partial charge in [-0.3, -0.25) is 9.69 Å². The van der Waals surface area contributed by atoms with Crippen LogP contribution in [0.25, 0.3) is 0 Å². The molecule has 154 valence electrons. The summed E-state index contributed by atoms with van der Waals surface area (Å²) in [6.45, 7) is 1.29. The van der Waals surface area contributed by atoms with Gasteiger partial charge in [0.2, 0.25) is 5.91 Å². The molecule has 1 atom stereocenters. The molecule has 0 saturated carbocycles. The largest absolute Gasteiger partial charge is 0.492 e. The van der Waals surface area contributed by atoms with Crippen molar-refractivity contribution in [2.24, 2.45) is 0 Å². The fourth-order valence-corrected chi connectivity index (χ4v) is 4.58. The smallest absolute Gasteiger partial charge is 0.238 e. The Balaban J connectivity index is 1.38. The number of carbonyl (C=O) groups excluding carboxylic acids is 1. The number of thioether (sulfide) groups is 1. The number of amides is 1. The summed E-state index contributed by atoms with van der Waals surface area (Å²) in [5.74, 6) is 2.29. The maximum absolute atomic E-state index is 12.5. The number of hydrogen-bond acceptors (Lipinski definition) is 5. The van der Waals surface area contributed by atoms with E-state index in [2.05, 4.69) is 9.88 Å². The number of pyridine rings is 1. The van der Waals surface area contributed by atoms with Crippen molar-refractivity contribution in [3.05, 3.63) is 83.5 Å². The Morgan fingerprint density at radius 3 is 2.60 bits per heavy atom. The van der Waals surface area contributed by atoms with Gasteiger partial charge in [0, 0.05) is 24.0 Å². The maximum atomic E-state index is 12.5. The zero-order valence-corrected chi connectivity index (χ0v) is 18.1. The number of anilines is 2. The summed E-state index contributed by atoms with van der Waals surface area (Å²) < 4.78 is 5.89. The van der Waals surface area contributed by atoms with Crippen LogP contribution in [-0.4, -0.2) is 36.8 Å². The molecule has 30 heavy (non-hydrogen) atoms. The molecule has 1 aromatic heterocycles. The van der Waals surface area contributed by atoms with Crippen LogP contribution in [-0.2, 0) is 4.79 Å². The third-order valence-electron chi connectivity index (χ3n) is 4.87. The van der Waals surface area contributed by atoms with Gasteiger partial charge >= 0.3 is 0 Å². The lowest BCUT2D eigenvalue weighted by Gasteiger charge is -2.24. The first kappa shape index (κ1) is 20.6. The Labute approximate surface area is 185 Å². The van der Waals surface area contributed by atoms with Gasteiger partial charge in [-0.1, -0.05) is 29.8 Å². The van der Waals surface area contributed by atoms with Gasteiger partial charge in [-0.05, 0) is 54.1 Å². The minimum atomic E-state index is -0.0528. The number of likely N-dealkylation sites (N-methyl/N-ethyl adjacent to an activating group) is 1. The second-order valence-electron chi connectivity index (χ2n) is 6.93. The summed E-state index contributed by atoms with van der Waals surface area (Å²) >= 11 is 7.62. The van der Waals surface area contributed by atoms with Crippen molar-refractivity contribution in [1.82, 2.24) is 4.98 Å². The van der Waals surface area contributed by atoms with Gasteiger partial charge in [-0.15, -0.1) is 11.8 Å². The Morgan fingerprint density at radius 1 is 1.13 bits per heavy atom. The van der Waals surface area contributed by atoms with Crippen molar-refractivity contribution in [2.75, 3.05) is 35.8 Å². The fourth-order valence-electron chi connectivity index (χ4n) is 3.27. The Bertz CT molecular complexity index is 984. The quantitative estimate of drug-likeness (QED) is 0.516. The van der Waals surface area contributed by atoms with E-state index in [1.807, 2.05) is 78.7 Å². The standard InChI is InChI=1S/C23H22ClN3O2S/c1-26(21-4-2-3-13-25-21)14-15-29-20-11-5-17(6-12-20)23-27(22(28)16-30-23)19-9-7-18(24)8-10-19/h2-13,23H,14-16H2,1H3. The minimum Gasteiger partial charge on any atom is -0.492 e. The first-order valence-corrected chi connectivity index (χ1v) is 11.1. The average molecular weight is 440 g/mol. The van der Waals surface area contributed by atoms with Gasteiger partial charge in [0.15, 0.2) is 0 Å². The van der Waals surface area contributed by atoms with E-state index in [9.17, 15) is 4.79 Å². The van der Waals surface area contributed by atoms with Crippen molar-refractivity contribution in [3.63, 3.8) is 0 Å². The first-order chi connectivity index (χ1) is 14.6. The summed E-state index contributed by atoms with van der Waals surface area (Å²) in [6.07, 6.45) is 1.78. The molecule has 4 rings (SSSR count). The zero-order valence-electron chi connectivity index (χ0n) is 16.6. The molecule has 2 heterocycles. The van der Waals surface area contributed by atoms with Gasteiger partial charge in [0.1, 0.15) is 23.5 Å². The van der Waals surface area contributed by atoms with Crippen LogP contribution in [0, 0.1) is 0 Å². The van der Waals surface area contributed by atoms with Crippen LogP contribution in [0.1, 0.15) is 10.9 Å². The lowest BCUT2D eigenvalue weighted by Crippen LogP contribution is -2.27. The monoisotopic (exact) mass is 439 g/mol. The highest BCUT2D eigenvalue weighted by Gasteiger charge is 2.33. The summed E-state index contributed by atoms with van der Waals surface area (Å²) in [4.78, 5) is 20.7.